The third-order valence-electron chi connectivity index (χ3n) is 6.18. The van der Waals surface area contributed by atoms with Gasteiger partial charge < -0.3 is 9.30 Å². The Morgan fingerprint density at radius 1 is 1.05 bits per heavy atom. The molecule has 0 N–H and O–H groups in total. The molecule has 196 valence electrons. The highest BCUT2D eigenvalue weighted by atomic mass is 16.5. The second kappa shape index (κ2) is 11.9. The Hall–Kier alpha value is -5.16. The van der Waals surface area contributed by atoms with Gasteiger partial charge in [0, 0.05) is 33.8 Å². The zero-order valence-corrected chi connectivity index (χ0v) is 22.3. The molecule has 0 spiro atoms. The number of aryl methyl sites for hydroxylation is 1. The van der Waals surface area contributed by atoms with Crippen molar-refractivity contribution in [3.05, 3.63) is 95.0 Å². The van der Waals surface area contributed by atoms with Crippen LogP contribution >= 0.6 is 0 Å². The largest absolute Gasteiger partial charge is 0.426 e. The first kappa shape index (κ1) is 26.9. The van der Waals surface area contributed by atoms with Crippen molar-refractivity contribution in [1.82, 2.24) is 4.57 Å². The Morgan fingerprint density at radius 2 is 1.79 bits per heavy atom. The summed E-state index contributed by atoms with van der Waals surface area (Å²) in [5.41, 5.74) is 4.92. The molecular formula is C31H29N5O3. The minimum atomic E-state index is -0.462. The molecule has 1 heterocycles. The van der Waals surface area contributed by atoms with E-state index in [4.69, 9.17) is 16.3 Å². The summed E-state index contributed by atoms with van der Waals surface area (Å²) in [6, 6.07) is 21.1. The second-order valence-corrected chi connectivity index (χ2v) is 8.93. The number of ether oxygens (including phenoxy) is 1. The van der Waals surface area contributed by atoms with Crippen LogP contribution in [0.2, 0.25) is 0 Å². The summed E-state index contributed by atoms with van der Waals surface area (Å²) in [6.45, 7) is 3.80. The van der Waals surface area contributed by atoms with Crippen LogP contribution in [0.1, 0.15) is 28.4 Å². The van der Waals surface area contributed by atoms with Gasteiger partial charge in [0.25, 0.3) is 0 Å². The predicted octanol–water partition coefficient (Wildman–Crippen LogP) is 4.74. The molecule has 0 saturated carbocycles. The molecule has 39 heavy (non-hydrogen) atoms. The molecule has 0 aliphatic carbocycles. The predicted molar refractivity (Wildman–Crippen MR) is 155 cm³/mol. The van der Waals surface area contributed by atoms with Crippen molar-refractivity contribution in [3.63, 3.8) is 0 Å². The summed E-state index contributed by atoms with van der Waals surface area (Å²) in [5, 5.41) is 13.4. The van der Waals surface area contributed by atoms with E-state index in [0.717, 1.165) is 34.3 Å². The lowest BCUT2D eigenvalue weighted by molar-refractivity contribution is -0.131. The van der Waals surface area contributed by atoms with Crippen LogP contribution in [0.5, 0.6) is 5.75 Å². The normalized spacial score (nSPS) is 11.4. The summed E-state index contributed by atoms with van der Waals surface area (Å²) < 4.78 is 7.53. The van der Waals surface area contributed by atoms with Crippen molar-refractivity contribution in [1.29, 1.82) is 0 Å². The number of carbonyl (C=O) groups excluding carboxylic acids is 2. The number of aldehydes is 1. The first-order chi connectivity index (χ1) is 18.8. The van der Waals surface area contributed by atoms with E-state index in [-0.39, 0.29) is 0 Å². The van der Waals surface area contributed by atoms with Gasteiger partial charge >= 0.3 is 5.97 Å². The fourth-order valence-electron chi connectivity index (χ4n) is 4.34. The molecule has 0 radical (unpaired) electrons. The van der Waals surface area contributed by atoms with Crippen LogP contribution in [0, 0.1) is 19.3 Å². The monoisotopic (exact) mass is 519 g/mol. The molecule has 0 aliphatic rings. The Bertz CT molecular complexity index is 1660. The molecule has 8 heteroatoms. The van der Waals surface area contributed by atoms with E-state index >= 15 is 0 Å². The zero-order valence-electron chi connectivity index (χ0n) is 22.3. The lowest BCUT2D eigenvalue weighted by Gasteiger charge is -2.19. The van der Waals surface area contributed by atoms with Crippen molar-refractivity contribution in [2.75, 3.05) is 24.1 Å². The van der Waals surface area contributed by atoms with Crippen molar-refractivity contribution in [3.8, 4) is 18.1 Å². The molecule has 0 atom stereocenters. The molecule has 0 bridgehead atoms. The summed E-state index contributed by atoms with van der Waals surface area (Å²) >= 11 is 0. The lowest BCUT2D eigenvalue weighted by atomic mass is 10.1. The van der Waals surface area contributed by atoms with Gasteiger partial charge in [0.2, 0.25) is 0 Å². The maximum absolute atomic E-state index is 12.4. The summed E-state index contributed by atoms with van der Waals surface area (Å²) in [5.74, 6) is 2.25. The van der Waals surface area contributed by atoms with Crippen LogP contribution in [0.25, 0.3) is 10.9 Å². The number of fused-ring (bicyclic) bond motifs is 1. The Morgan fingerprint density at radius 3 is 2.46 bits per heavy atom. The van der Waals surface area contributed by atoms with Gasteiger partial charge in [-0.25, -0.2) is 0 Å². The molecule has 8 nitrogen and oxygen atoms in total. The maximum Gasteiger partial charge on any atom is 0.308 e. The average Bonchev–Trinajstić information content (AvgIpc) is 2.93. The highest BCUT2D eigenvalue weighted by molar-refractivity contribution is 5.91. The number of hydrazone groups is 1. The van der Waals surface area contributed by atoms with Gasteiger partial charge in [-0.3, -0.25) is 19.6 Å². The number of hydrogen-bond donors (Lipinski definition) is 0. The number of pyridine rings is 1. The van der Waals surface area contributed by atoms with E-state index < -0.39 is 5.97 Å². The summed E-state index contributed by atoms with van der Waals surface area (Å²) in [6.07, 6.45) is 9.19. The first-order valence-electron chi connectivity index (χ1n) is 12.3. The molecule has 3 aromatic carbocycles. The lowest BCUT2D eigenvalue weighted by Crippen LogP contribution is -2.23. The minimum absolute atomic E-state index is 0.331. The van der Waals surface area contributed by atoms with Gasteiger partial charge in [-0.15, -0.1) is 6.42 Å². The topological polar surface area (TPSA) is 79.5 Å². The highest BCUT2D eigenvalue weighted by Crippen LogP contribution is 2.26. The number of aromatic nitrogens is 1. The van der Waals surface area contributed by atoms with Crippen LogP contribution in [0.3, 0.4) is 0 Å². The SMILES string of the molecule is C#C/C=N\N(C)c1ccc(Cn2cc(C=O)/c(=N\N(C)c3ccccc3C)c3c(OC(C)=O)cccc32)cc1. The van der Waals surface area contributed by atoms with Crippen LogP contribution in [0.4, 0.5) is 11.4 Å². The number of carbonyl (C=O) groups is 2. The quantitative estimate of drug-likeness (QED) is 0.0839. The Kier molecular flexibility index (Phi) is 8.22. The number of hydrogen-bond acceptors (Lipinski definition) is 7. The fourth-order valence-corrected chi connectivity index (χ4v) is 4.34. The average molecular weight is 520 g/mol. The van der Waals surface area contributed by atoms with Crippen molar-refractivity contribution in [2.45, 2.75) is 20.4 Å². The minimum Gasteiger partial charge on any atom is -0.426 e. The van der Waals surface area contributed by atoms with Gasteiger partial charge in [0.05, 0.1) is 34.1 Å². The zero-order chi connectivity index (χ0) is 27.9. The second-order valence-electron chi connectivity index (χ2n) is 8.93. The van der Waals surface area contributed by atoms with Gasteiger partial charge in [-0.2, -0.15) is 10.2 Å². The molecule has 0 fully saturated rings. The third-order valence-corrected chi connectivity index (χ3v) is 6.18. The van der Waals surface area contributed by atoms with E-state index in [1.165, 1.54) is 13.1 Å². The number of rotatable bonds is 8. The Labute approximate surface area is 227 Å². The number of benzene rings is 3. The number of nitrogens with zero attached hydrogens (tertiary/aromatic N) is 5. The molecule has 0 aliphatic heterocycles. The van der Waals surface area contributed by atoms with E-state index in [0.29, 0.717) is 28.6 Å². The number of esters is 1. The molecule has 4 rings (SSSR count). The number of terminal acetylenes is 1. The molecule has 0 unspecified atom stereocenters. The van der Waals surface area contributed by atoms with E-state index in [9.17, 15) is 9.59 Å². The number of para-hydroxylation sites is 1. The van der Waals surface area contributed by atoms with Crippen LogP contribution in [0.15, 0.2) is 83.1 Å². The molecule has 4 aromatic rings. The molecule has 0 saturated heterocycles. The van der Waals surface area contributed by atoms with Gasteiger partial charge in [0.15, 0.2) is 6.29 Å². The summed E-state index contributed by atoms with van der Waals surface area (Å²) in [7, 11) is 3.64. The smallest absolute Gasteiger partial charge is 0.308 e. The van der Waals surface area contributed by atoms with Gasteiger partial charge in [-0.05, 0) is 48.4 Å². The van der Waals surface area contributed by atoms with E-state index in [1.54, 1.807) is 22.3 Å². The van der Waals surface area contributed by atoms with Crippen LogP contribution < -0.4 is 20.1 Å². The number of anilines is 2. The third kappa shape index (κ3) is 6.05. The van der Waals surface area contributed by atoms with Crippen LogP contribution in [-0.4, -0.2) is 37.1 Å². The van der Waals surface area contributed by atoms with Crippen LogP contribution in [-0.2, 0) is 11.3 Å². The van der Waals surface area contributed by atoms with E-state index in [1.807, 2.05) is 86.2 Å². The highest BCUT2D eigenvalue weighted by Gasteiger charge is 2.15. The fraction of sp³-hybridized carbons (Fsp3) is 0.161. The summed E-state index contributed by atoms with van der Waals surface area (Å²) in [4.78, 5) is 24.3. The van der Waals surface area contributed by atoms with Crippen molar-refractivity contribution in [2.24, 2.45) is 10.2 Å². The Balaban J connectivity index is 1.87. The van der Waals surface area contributed by atoms with Gasteiger partial charge in [-0.1, -0.05) is 42.3 Å². The first-order valence-corrected chi connectivity index (χ1v) is 12.3. The van der Waals surface area contributed by atoms with Gasteiger partial charge in [0.1, 0.15) is 11.1 Å². The van der Waals surface area contributed by atoms with Crippen molar-refractivity contribution < 1.29 is 14.3 Å². The molecule has 0 amide bonds. The van der Waals surface area contributed by atoms with E-state index in [2.05, 4.69) is 11.0 Å². The molecule has 1 aromatic heterocycles. The maximum atomic E-state index is 12.4. The standard InChI is InChI=1S/C31H29N5O3/c1-6-18-32-34(4)26-16-14-24(15-17-26)19-36-20-25(21-37)31(33-35(5)27-11-8-7-10-22(27)2)30-28(36)12-9-13-29(30)39-23(3)38/h1,7-18,20-21H,19H2,2-5H3/b32-18-,33-31+. The molecular weight excluding hydrogens is 490 g/mol. The van der Waals surface area contributed by atoms with Crippen molar-refractivity contribution >= 4 is 40.7 Å².